The van der Waals surface area contributed by atoms with Crippen LogP contribution in [0.25, 0.3) is 5.76 Å². The first-order chi connectivity index (χ1) is 18.8. The van der Waals surface area contributed by atoms with E-state index in [1.165, 1.54) is 12.0 Å². The number of aliphatic hydroxyl groups is 1. The molecule has 0 spiro atoms. The van der Waals surface area contributed by atoms with Crippen LogP contribution in [0.5, 0.6) is 17.2 Å². The number of methoxy groups -OCH3 is 1. The Morgan fingerprint density at radius 2 is 1.90 bits per heavy atom. The number of halogens is 1. The summed E-state index contributed by atoms with van der Waals surface area (Å²) in [5, 5.41) is 21.8. The maximum Gasteiger partial charge on any atom is 0.295 e. The number of aliphatic hydroxyl groups excluding tert-OH is 1. The SMILES string of the molecule is CCCCOc1cccc(/C(O)=C2\C(=O)C(=O)N(CCCN3CCOCC3)C2c2cc(Br)c(O)c(OC)c2)c1. The molecule has 39 heavy (non-hydrogen) atoms. The summed E-state index contributed by atoms with van der Waals surface area (Å²) in [6.07, 6.45) is 2.52. The number of phenolic OH excluding ortho intramolecular Hbond substituents is 1. The lowest BCUT2D eigenvalue weighted by atomic mass is 9.95. The second-order valence-electron chi connectivity index (χ2n) is 9.58. The highest BCUT2D eigenvalue weighted by Gasteiger charge is 2.46. The molecule has 0 saturated carbocycles. The van der Waals surface area contributed by atoms with Gasteiger partial charge in [0, 0.05) is 31.7 Å². The van der Waals surface area contributed by atoms with E-state index in [0.29, 0.717) is 54.1 Å². The van der Waals surface area contributed by atoms with Crippen LogP contribution in [-0.2, 0) is 14.3 Å². The monoisotopic (exact) mass is 602 g/mol. The molecule has 2 aliphatic heterocycles. The third kappa shape index (κ3) is 6.57. The summed E-state index contributed by atoms with van der Waals surface area (Å²) in [5.74, 6) is -1.06. The maximum atomic E-state index is 13.4. The summed E-state index contributed by atoms with van der Waals surface area (Å²) in [5.41, 5.74) is 0.890. The van der Waals surface area contributed by atoms with Crippen LogP contribution in [0, 0.1) is 0 Å². The van der Waals surface area contributed by atoms with Crippen molar-refractivity contribution in [3.63, 3.8) is 0 Å². The van der Waals surface area contributed by atoms with E-state index >= 15 is 0 Å². The molecule has 9 nitrogen and oxygen atoms in total. The first-order valence-electron chi connectivity index (χ1n) is 13.2. The number of phenols is 1. The van der Waals surface area contributed by atoms with Crippen LogP contribution in [-0.4, -0.2) is 84.8 Å². The quantitative estimate of drug-likeness (QED) is 0.168. The zero-order chi connectivity index (χ0) is 27.9. The van der Waals surface area contributed by atoms with Gasteiger partial charge >= 0.3 is 0 Å². The van der Waals surface area contributed by atoms with Gasteiger partial charge in [-0.1, -0.05) is 25.5 Å². The number of rotatable bonds is 11. The van der Waals surface area contributed by atoms with Crippen molar-refractivity contribution in [1.82, 2.24) is 9.80 Å². The van der Waals surface area contributed by atoms with E-state index in [4.69, 9.17) is 14.2 Å². The molecule has 0 aliphatic carbocycles. The summed E-state index contributed by atoms with van der Waals surface area (Å²) < 4.78 is 16.9. The van der Waals surface area contributed by atoms with Crippen molar-refractivity contribution in [2.24, 2.45) is 0 Å². The fourth-order valence-corrected chi connectivity index (χ4v) is 5.34. The fraction of sp³-hybridized carbons (Fsp3) is 0.448. The van der Waals surface area contributed by atoms with E-state index in [9.17, 15) is 19.8 Å². The van der Waals surface area contributed by atoms with Gasteiger partial charge in [-0.2, -0.15) is 0 Å². The number of likely N-dealkylation sites (tertiary alicyclic amines) is 1. The zero-order valence-corrected chi connectivity index (χ0v) is 23.9. The molecule has 2 saturated heterocycles. The van der Waals surface area contributed by atoms with Crippen LogP contribution in [0.1, 0.15) is 43.4 Å². The molecule has 2 aromatic rings. The molecule has 0 aromatic heterocycles. The average Bonchev–Trinajstić information content (AvgIpc) is 3.20. The lowest BCUT2D eigenvalue weighted by Crippen LogP contribution is -2.39. The van der Waals surface area contributed by atoms with Crippen molar-refractivity contribution < 1.29 is 34.0 Å². The van der Waals surface area contributed by atoms with Gasteiger partial charge in [-0.05, 0) is 58.6 Å². The number of nitrogens with zero attached hydrogens (tertiary/aromatic N) is 2. The van der Waals surface area contributed by atoms with Crippen molar-refractivity contribution in [3.05, 3.63) is 57.6 Å². The number of ether oxygens (including phenoxy) is 3. The molecule has 10 heteroatoms. The Hall–Kier alpha value is -3.08. The number of unbranched alkanes of at least 4 members (excludes halogenated alkanes) is 1. The summed E-state index contributed by atoms with van der Waals surface area (Å²) in [4.78, 5) is 30.5. The number of carbonyl (C=O) groups is 2. The van der Waals surface area contributed by atoms with Crippen molar-refractivity contribution in [2.45, 2.75) is 32.2 Å². The van der Waals surface area contributed by atoms with Gasteiger partial charge in [-0.25, -0.2) is 0 Å². The lowest BCUT2D eigenvalue weighted by Gasteiger charge is -2.29. The molecule has 2 fully saturated rings. The minimum atomic E-state index is -0.870. The van der Waals surface area contributed by atoms with Gasteiger partial charge in [0.25, 0.3) is 11.7 Å². The number of Topliss-reactive ketones (excluding diaryl/α,β-unsaturated/α-hetero) is 1. The van der Waals surface area contributed by atoms with E-state index in [0.717, 1.165) is 32.5 Å². The summed E-state index contributed by atoms with van der Waals surface area (Å²) in [7, 11) is 1.43. The van der Waals surface area contributed by atoms with E-state index < -0.39 is 17.7 Å². The molecule has 2 aromatic carbocycles. The summed E-state index contributed by atoms with van der Waals surface area (Å²) in [6, 6.07) is 9.23. The van der Waals surface area contributed by atoms with Gasteiger partial charge in [0.15, 0.2) is 11.5 Å². The Labute approximate surface area is 237 Å². The van der Waals surface area contributed by atoms with Crippen LogP contribution in [0.4, 0.5) is 0 Å². The Balaban J connectivity index is 1.72. The van der Waals surface area contributed by atoms with Crippen LogP contribution in [0.3, 0.4) is 0 Å². The Morgan fingerprint density at radius 3 is 2.62 bits per heavy atom. The normalized spacial score (nSPS) is 19.5. The zero-order valence-electron chi connectivity index (χ0n) is 22.3. The van der Waals surface area contributed by atoms with Gasteiger partial charge in [0.2, 0.25) is 0 Å². The fourth-order valence-electron chi connectivity index (χ4n) is 4.88. The number of aromatic hydroxyl groups is 1. The molecule has 1 atom stereocenters. The van der Waals surface area contributed by atoms with Gasteiger partial charge in [-0.3, -0.25) is 14.5 Å². The summed E-state index contributed by atoms with van der Waals surface area (Å²) in [6.45, 7) is 6.66. The Bertz CT molecular complexity index is 1230. The molecular weight excluding hydrogens is 568 g/mol. The van der Waals surface area contributed by atoms with Crippen molar-refractivity contribution >= 4 is 33.4 Å². The van der Waals surface area contributed by atoms with Gasteiger partial charge in [-0.15, -0.1) is 0 Å². The molecule has 2 heterocycles. The highest BCUT2D eigenvalue weighted by Crippen LogP contribution is 2.44. The molecule has 2 aliphatic rings. The molecule has 4 rings (SSSR count). The number of benzene rings is 2. The predicted octanol–water partition coefficient (Wildman–Crippen LogP) is 4.49. The van der Waals surface area contributed by atoms with E-state index in [1.54, 1.807) is 36.4 Å². The number of morpholine rings is 1. The number of amides is 1. The number of hydrogen-bond acceptors (Lipinski definition) is 8. The second kappa shape index (κ2) is 13.3. The molecule has 2 N–H and O–H groups in total. The summed E-state index contributed by atoms with van der Waals surface area (Å²) >= 11 is 3.35. The van der Waals surface area contributed by atoms with E-state index in [1.807, 2.05) is 0 Å². The standard InChI is InChI=1S/C29H35BrN2O7/c1-3-4-13-39-21-8-5-7-19(16-21)26(33)24-25(20-17-22(30)27(34)23(18-20)37-2)32(29(36)28(24)35)10-6-9-31-11-14-38-15-12-31/h5,7-8,16-18,25,33-34H,3-4,6,9-15H2,1-2H3/b26-24+. The highest BCUT2D eigenvalue weighted by atomic mass is 79.9. The van der Waals surface area contributed by atoms with Gasteiger partial charge in [0.1, 0.15) is 11.5 Å². The minimum Gasteiger partial charge on any atom is -0.507 e. The first-order valence-corrected chi connectivity index (χ1v) is 14.0. The second-order valence-corrected chi connectivity index (χ2v) is 10.4. The van der Waals surface area contributed by atoms with Crippen molar-refractivity contribution in [3.8, 4) is 17.2 Å². The average molecular weight is 604 g/mol. The maximum absolute atomic E-state index is 13.4. The van der Waals surface area contributed by atoms with Crippen LogP contribution in [0.15, 0.2) is 46.4 Å². The molecule has 0 radical (unpaired) electrons. The molecule has 210 valence electrons. The highest BCUT2D eigenvalue weighted by molar-refractivity contribution is 9.10. The third-order valence-electron chi connectivity index (χ3n) is 6.98. The Kier molecular flexibility index (Phi) is 9.88. The Morgan fingerprint density at radius 1 is 1.13 bits per heavy atom. The molecular formula is C29H35BrN2O7. The van der Waals surface area contributed by atoms with Gasteiger partial charge < -0.3 is 29.3 Å². The third-order valence-corrected chi connectivity index (χ3v) is 7.58. The minimum absolute atomic E-state index is 0.0169. The first kappa shape index (κ1) is 28.9. The topological polar surface area (TPSA) is 109 Å². The largest absolute Gasteiger partial charge is 0.507 e. The number of ketones is 1. The van der Waals surface area contributed by atoms with Crippen LogP contribution < -0.4 is 9.47 Å². The molecule has 1 unspecified atom stereocenters. The molecule has 0 bridgehead atoms. The van der Waals surface area contributed by atoms with Crippen LogP contribution >= 0.6 is 15.9 Å². The van der Waals surface area contributed by atoms with Crippen molar-refractivity contribution in [1.29, 1.82) is 0 Å². The van der Waals surface area contributed by atoms with Gasteiger partial charge in [0.05, 0.1) is 43.0 Å². The van der Waals surface area contributed by atoms with Crippen molar-refractivity contribution in [2.75, 3.05) is 53.1 Å². The number of hydrogen-bond donors (Lipinski definition) is 2. The van der Waals surface area contributed by atoms with E-state index in [-0.39, 0.29) is 22.8 Å². The van der Waals surface area contributed by atoms with E-state index in [2.05, 4.69) is 27.8 Å². The number of carbonyl (C=O) groups excluding carboxylic acids is 2. The predicted molar refractivity (Wildman–Crippen MR) is 150 cm³/mol. The smallest absolute Gasteiger partial charge is 0.295 e. The lowest BCUT2D eigenvalue weighted by molar-refractivity contribution is -0.140. The molecule has 1 amide bonds. The van der Waals surface area contributed by atoms with Crippen LogP contribution in [0.2, 0.25) is 0 Å².